The van der Waals surface area contributed by atoms with Crippen LogP contribution >= 0.6 is 27.5 Å². The van der Waals surface area contributed by atoms with Crippen LogP contribution in [-0.2, 0) is 11.4 Å². The number of halogens is 2. The second-order valence-electron chi connectivity index (χ2n) is 7.42. The van der Waals surface area contributed by atoms with Crippen molar-refractivity contribution in [1.29, 1.82) is 0 Å². The number of anilines is 1. The van der Waals surface area contributed by atoms with E-state index in [0.29, 0.717) is 38.9 Å². The van der Waals surface area contributed by atoms with Crippen molar-refractivity contribution < 1.29 is 19.1 Å². The summed E-state index contributed by atoms with van der Waals surface area (Å²) < 4.78 is 12.2. The van der Waals surface area contributed by atoms with Gasteiger partial charge in [-0.1, -0.05) is 47.5 Å². The number of nitrogens with zero attached hydrogens (tertiary/aromatic N) is 1. The Bertz CT molecular complexity index is 1280. The van der Waals surface area contributed by atoms with E-state index in [2.05, 4.69) is 27.3 Å². The van der Waals surface area contributed by atoms with Crippen LogP contribution in [-0.4, -0.2) is 19.0 Å². The van der Waals surface area contributed by atoms with Crippen molar-refractivity contribution in [3.8, 4) is 11.5 Å². The maximum absolute atomic E-state index is 12.9. The Balaban J connectivity index is 1.58. The number of urea groups is 1. The second-order valence-corrected chi connectivity index (χ2v) is 8.71. The number of hydrogen-bond acceptors (Lipinski definition) is 4. The minimum atomic E-state index is -0.544. The standard InChI is InChI=1S/C25H20BrClN2O4/c1-15-5-3-6-16(9-15)14-33-23-20(26)10-17(12-22(23)32-2)11-21-24(30)29(25(31)28-21)19-8-4-7-18(27)13-19/h3-13H,14H2,1-2H3,(H,28,31)/b21-11+. The quantitative estimate of drug-likeness (QED) is 0.311. The molecule has 1 N–H and O–H groups in total. The molecule has 0 radical (unpaired) electrons. The minimum Gasteiger partial charge on any atom is -0.493 e. The third kappa shape index (κ3) is 5.05. The van der Waals surface area contributed by atoms with Gasteiger partial charge >= 0.3 is 6.03 Å². The average molecular weight is 528 g/mol. The number of carbonyl (C=O) groups excluding carboxylic acids is 2. The first-order valence-electron chi connectivity index (χ1n) is 10.0. The van der Waals surface area contributed by atoms with E-state index in [1.165, 1.54) is 0 Å². The molecule has 1 aliphatic rings. The van der Waals surface area contributed by atoms with Gasteiger partial charge < -0.3 is 14.8 Å². The number of aryl methyl sites for hydroxylation is 1. The SMILES string of the molecule is COc1cc(/C=C2/NC(=O)N(c3cccc(Cl)c3)C2=O)cc(Br)c1OCc1cccc(C)c1. The molecule has 1 aliphatic heterocycles. The Morgan fingerprint density at radius 1 is 1.09 bits per heavy atom. The number of amides is 3. The molecule has 3 amide bonds. The van der Waals surface area contributed by atoms with Gasteiger partial charge in [0.2, 0.25) is 0 Å². The van der Waals surface area contributed by atoms with Crippen LogP contribution in [0.2, 0.25) is 5.02 Å². The van der Waals surface area contributed by atoms with E-state index in [0.717, 1.165) is 16.0 Å². The number of ether oxygens (including phenoxy) is 2. The number of methoxy groups -OCH3 is 1. The van der Waals surface area contributed by atoms with Gasteiger partial charge in [-0.15, -0.1) is 0 Å². The predicted octanol–water partition coefficient (Wildman–Crippen LogP) is 6.10. The highest BCUT2D eigenvalue weighted by Crippen LogP contribution is 2.38. The number of rotatable bonds is 6. The molecule has 0 atom stereocenters. The van der Waals surface area contributed by atoms with E-state index >= 15 is 0 Å². The molecule has 3 aromatic carbocycles. The number of hydrogen-bond donors (Lipinski definition) is 1. The van der Waals surface area contributed by atoms with Crippen molar-refractivity contribution in [3.63, 3.8) is 0 Å². The van der Waals surface area contributed by atoms with E-state index in [1.54, 1.807) is 49.6 Å². The van der Waals surface area contributed by atoms with Crippen LogP contribution in [0.5, 0.6) is 11.5 Å². The van der Waals surface area contributed by atoms with Crippen molar-refractivity contribution in [1.82, 2.24) is 5.32 Å². The van der Waals surface area contributed by atoms with Gasteiger partial charge in [0.25, 0.3) is 5.91 Å². The van der Waals surface area contributed by atoms with Crippen LogP contribution in [0.4, 0.5) is 10.5 Å². The van der Waals surface area contributed by atoms with Gasteiger partial charge in [0.1, 0.15) is 12.3 Å². The molecule has 1 saturated heterocycles. The third-order valence-electron chi connectivity index (χ3n) is 4.97. The van der Waals surface area contributed by atoms with Crippen LogP contribution in [0.1, 0.15) is 16.7 Å². The van der Waals surface area contributed by atoms with E-state index < -0.39 is 11.9 Å². The maximum atomic E-state index is 12.9. The summed E-state index contributed by atoms with van der Waals surface area (Å²) in [4.78, 5) is 26.4. The lowest BCUT2D eigenvalue weighted by atomic mass is 10.1. The second kappa shape index (κ2) is 9.68. The van der Waals surface area contributed by atoms with Crippen molar-refractivity contribution >= 4 is 51.2 Å². The summed E-state index contributed by atoms with van der Waals surface area (Å²) in [6.45, 7) is 2.40. The van der Waals surface area contributed by atoms with Crippen molar-refractivity contribution in [2.24, 2.45) is 0 Å². The fourth-order valence-electron chi connectivity index (χ4n) is 3.47. The molecule has 0 aromatic heterocycles. The van der Waals surface area contributed by atoms with Gasteiger partial charge in [-0.2, -0.15) is 0 Å². The fraction of sp³-hybridized carbons (Fsp3) is 0.120. The number of carbonyl (C=O) groups is 2. The number of benzene rings is 3. The summed E-state index contributed by atoms with van der Waals surface area (Å²) in [5, 5.41) is 3.04. The molecule has 0 aliphatic carbocycles. The molecule has 0 unspecified atom stereocenters. The van der Waals surface area contributed by atoms with Crippen LogP contribution in [0, 0.1) is 6.92 Å². The molecule has 0 spiro atoms. The van der Waals surface area contributed by atoms with Gasteiger partial charge in [0.05, 0.1) is 17.3 Å². The molecule has 33 heavy (non-hydrogen) atoms. The average Bonchev–Trinajstić information content (AvgIpc) is 3.05. The number of imide groups is 1. The Kier molecular flexibility index (Phi) is 6.72. The molecule has 6 nitrogen and oxygen atoms in total. The van der Waals surface area contributed by atoms with E-state index in [-0.39, 0.29) is 5.70 Å². The molecule has 168 valence electrons. The van der Waals surface area contributed by atoms with Gasteiger partial charge in [0, 0.05) is 5.02 Å². The molecule has 0 saturated carbocycles. The largest absolute Gasteiger partial charge is 0.493 e. The Morgan fingerprint density at radius 2 is 1.88 bits per heavy atom. The summed E-state index contributed by atoms with van der Waals surface area (Å²) in [6.07, 6.45) is 1.59. The third-order valence-corrected chi connectivity index (χ3v) is 5.80. The summed E-state index contributed by atoms with van der Waals surface area (Å²) in [6, 6.07) is 17.6. The lowest BCUT2D eigenvalue weighted by molar-refractivity contribution is -0.113. The normalized spacial score (nSPS) is 14.5. The molecule has 8 heteroatoms. The van der Waals surface area contributed by atoms with E-state index in [1.807, 2.05) is 25.1 Å². The molecule has 4 rings (SSSR count). The summed E-state index contributed by atoms with van der Waals surface area (Å²) in [5.74, 6) is 0.563. The minimum absolute atomic E-state index is 0.141. The monoisotopic (exact) mass is 526 g/mol. The van der Waals surface area contributed by atoms with E-state index in [9.17, 15) is 9.59 Å². The van der Waals surface area contributed by atoms with E-state index in [4.69, 9.17) is 21.1 Å². The first kappa shape index (κ1) is 22.9. The molecule has 3 aromatic rings. The van der Waals surface area contributed by atoms with Crippen molar-refractivity contribution in [3.05, 3.63) is 92.5 Å². The first-order chi connectivity index (χ1) is 15.9. The zero-order valence-corrected chi connectivity index (χ0v) is 20.2. The molecule has 1 fully saturated rings. The van der Waals surface area contributed by atoms with Crippen LogP contribution in [0.3, 0.4) is 0 Å². The topological polar surface area (TPSA) is 67.9 Å². The van der Waals surface area contributed by atoms with Gasteiger partial charge in [-0.25, -0.2) is 9.69 Å². The summed E-state index contributed by atoms with van der Waals surface area (Å²) in [5.41, 5.74) is 3.38. The molecule has 0 bridgehead atoms. The van der Waals surface area contributed by atoms with Gasteiger partial charge in [0.15, 0.2) is 11.5 Å². The maximum Gasteiger partial charge on any atom is 0.333 e. The Morgan fingerprint density at radius 3 is 2.61 bits per heavy atom. The van der Waals surface area contributed by atoms with Crippen LogP contribution < -0.4 is 19.7 Å². The van der Waals surface area contributed by atoms with Crippen molar-refractivity contribution in [2.45, 2.75) is 13.5 Å². The van der Waals surface area contributed by atoms with Gasteiger partial charge in [-0.05, 0) is 70.4 Å². The lowest BCUT2D eigenvalue weighted by Crippen LogP contribution is -2.30. The molecular formula is C25H20BrClN2O4. The van der Waals surface area contributed by atoms with Crippen molar-refractivity contribution in [2.75, 3.05) is 12.0 Å². The number of nitrogens with one attached hydrogen (secondary N) is 1. The van der Waals surface area contributed by atoms with Gasteiger partial charge in [-0.3, -0.25) is 4.79 Å². The highest BCUT2D eigenvalue weighted by molar-refractivity contribution is 9.10. The highest BCUT2D eigenvalue weighted by Gasteiger charge is 2.35. The summed E-state index contributed by atoms with van der Waals surface area (Å²) in [7, 11) is 1.54. The predicted molar refractivity (Wildman–Crippen MR) is 132 cm³/mol. The van der Waals surface area contributed by atoms with Crippen LogP contribution in [0.25, 0.3) is 6.08 Å². The first-order valence-corrected chi connectivity index (χ1v) is 11.2. The van der Waals surface area contributed by atoms with Crippen LogP contribution in [0.15, 0.2) is 70.8 Å². The Hall–Kier alpha value is -3.29. The zero-order chi connectivity index (χ0) is 23.5. The Labute approximate surface area is 204 Å². The highest BCUT2D eigenvalue weighted by atomic mass is 79.9. The summed E-state index contributed by atoms with van der Waals surface area (Å²) >= 11 is 9.54. The molecular weight excluding hydrogens is 508 g/mol. The molecule has 1 heterocycles. The zero-order valence-electron chi connectivity index (χ0n) is 17.9. The smallest absolute Gasteiger partial charge is 0.333 e. The fourth-order valence-corrected chi connectivity index (χ4v) is 4.23. The lowest BCUT2D eigenvalue weighted by Gasteiger charge is -2.14.